The molecule has 0 amide bonds. The summed E-state index contributed by atoms with van der Waals surface area (Å²) in [5.41, 5.74) is 5.67. The number of nitrogens with two attached hydrogens (primary N) is 1. The molecular formula is C22H39N3O2. The Morgan fingerprint density at radius 3 is 2.30 bits per heavy atom. The number of carboxylic acid groups (broad SMARTS) is 1. The quantitative estimate of drug-likeness (QED) is 0.239. The van der Waals surface area contributed by atoms with Crippen LogP contribution in [-0.2, 0) is 4.79 Å². The van der Waals surface area contributed by atoms with Crippen LogP contribution < -0.4 is 10.8 Å². The zero-order chi connectivity index (χ0) is 19.8. The van der Waals surface area contributed by atoms with Gasteiger partial charge in [0.05, 0.1) is 18.6 Å². The van der Waals surface area contributed by atoms with Gasteiger partial charge in [-0.1, -0.05) is 76.9 Å². The van der Waals surface area contributed by atoms with Gasteiger partial charge in [-0.15, -0.1) is 0 Å². The largest absolute Gasteiger partial charge is 0.544 e. The van der Waals surface area contributed by atoms with Gasteiger partial charge in [0.15, 0.2) is 0 Å². The van der Waals surface area contributed by atoms with Crippen molar-refractivity contribution >= 4 is 11.8 Å². The number of aliphatic carboxylic acids is 1. The van der Waals surface area contributed by atoms with Gasteiger partial charge in [0.2, 0.25) is 5.84 Å². The van der Waals surface area contributed by atoms with E-state index in [1.54, 1.807) is 6.20 Å². The zero-order valence-corrected chi connectivity index (χ0v) is 17.2. The molecule has 0 aromatic heterocycles. The number of quaternary nitrogens is 1. The number of rotatable bonds is 17. The highest BCUT2D eigenvalue weighted by molar-refractivity contribution is 5.82. The third-order valence-corrected chi connectivity index (χ3v) is 5.22. The van der Waals surface area contributed by atoms with Gasteiger partial charge in [-0.3, -0.25) is 0 Å². The molecule has 0 fully saturated rings. The molecule has 1 atom stereocenters. The topological polar surface area (TPSA) is 78.5 Å². The second-order valence-electron chi connectivity index (χ2n) is 7.57. The standard InChI is InChI=1S/C22H39N3O2/c1-2-3-4-5-6-7-8-9-10-11-12-13-14-15-21-24-17-19-25(21,18-16-23)20-22(26)27/h13-14,17,19H,2-12,15-16,18,20,23H2,1H3/b14-13+. The molecule has 27 heavy (non-hydrogen) atoms. The Balaban J connectivity index is 2.13. The van der Waals surface area contributed by atoms with Gasteiger partial charge in [-0.2, -0.15) is 0 Å². The van der Waals surface area contributed by atoms with Gasteiger partial charge in [-0.05, 0) is 12.8 Å². The monoisotopic (exact) mass is 377 g/mol. The first-order chi connectivity index (χ1) is 13.1. The molecule has 1 aliphatic heterocycles. The lowest BCUT2D eigenvalue weighted by molar-refractivity contribution is -0.780. The molecule has 1 heterocycles. The van der Waals surface area contributed by atoms with Gasteiger partial charge < -0.3 is 15.6 Å². The molecule has 0 saturated heterocycles. The van der Waals surface area contributed by atoms with Crippen LogP contribution in [0.5, 0.6) is 0 Å². The summed E-state index contributed by atoms with van der Waals surface area (Å²) in [6.07, 6.45) is 23.0. The Morgan fingerprint density at radius 1 is 1.07 bits per heavy atom. The van der Waals surface area contributed by atoms with Crippen LogP contribution in [0, 0.1) is 0 Å². The molecule has 2 N–H and O–H groups in total. The van der Waals surface area contributed by atoms with Crippen molar-refractivity contribution in [1.82, 2.24) is 0 Å². The summed E-state index contributed by atoms with van der Waals surface area (Å²) in [5, 5.41) is 11.1. The van der Waals surface area contributed by atoms with E-state index in [9.17, 15) is 9.90 Å². The lowest BCUT2D eigenvalue weighted by Gasteiger charge is -2.32. The maximum atomic E-state index is 11.1. The first-order valence-electron chi connectivity index (χ1n) is 10.8. The number of amidine groups is 1. The van der Waals surface area contributed by atoms with Crippen molar-refractivity contribution in [3.63, 3.8) is 0 Å². The zero-order valence-electron chi connectivity index (χ0n) is 17.2. The number of allylic oxidation sites excluding steroid dienone is 1. The molecule has 0 spiro atoms. The molecule has 0 radical (unpaired) electrons. The minimum Gasteiger partial charge on any atom is -0.544 e. The lowest BCUT2D eigenvalue weighted by atomic mass is 10.1. The first-order valence-corrected chi connectivity index (χ1v) is 10.8. The summed E-state index contributed by atoms with van der Waals surface area (Å²) in [7, 11) is 0. The van der Waals surface area contributed by atoms with Crippen molar-refractivity contribution in [3.05, 3.63) is 24.6 Å². The average molecular weight is 378 g/mol. The Kier molecular flexibility index (Phi) is 12.7. The highest BCUT2D eigenvalue weighted by Crippen LogP contribution is 2.19. The van der Waals surface area contributed by atoms with E-state index in [1.807, 2.05) is 6.20 Å². The van der Waals surface area contributed by atoms with Crippen LogP contribution in [0.4, 0.5) is 0 Å². The number of hydrogen-bond donors (Lipinski definition) is 1. The van der Waals surface area contributed by atoms with E-state index in [0.29, 0.717) is 19.5 Å². The number of carbonyl (C=O) groups excluding carboxylic acids is 1. The molecule has 0 saturated carbocycles. The molecular weight excluding hydrogens is 338 g/mol. The van der Waals surface area contributed by atoms with Crippen LogP contribution in [-0.4, -0.2) is 35.9 Å². The fraction of sp³-hybridized carbons (Fsp3) is 0.727. The number of aliphatic imine (C=N–C) groups is 1. The molecule has 1 rings (SSSR count). The van der Waals surface area contributed by atoms with Gasteiger partial charge in [-0.25, -0.2) is 9.48 Å². The summed E-state index contributed by atoms with van der Waals surface area (Å²) >= 11 is 0. The molecule has 0 aromatic rings. The normalized spacial score (nSPS) is 19.1. The second kappa shape index (κ2) is 14.6. The fourth-order valence-electron chi connectivity index (χ4n) is 3.63. The minimum atomic E-state index is -1.07. The molecule has 0 aliphatic carbocycles. The Bertz CT molecular complexity index is 500. The highest BCUT2D eigenvalue weighted by atomic mass is 16.4. The third kappa shape index (κ3) is 9.87. The van der Waals surface area contributed by atoms with Crippen molar-refractivity contribution in [2.24, 2.45) is 10.7 Å². The minimum absolute atomic E-state index is 0.0984. The van der Waals surface area contributed by atoms with Crippen LogP contribution in [0.2, 0.25) is 0 Å². The van der Waals surface area contributed by atoms with Gasteiger partial charge in [0.1, 0.15) is 19.3 Å². The van der Waals surface area contributed by atoms with E-state index >= 15 is 0 Å². The van der Waals surface area contributed by atoms with E-state index in [2.05, 4.69) is 24.1 Å². The maximum Gasteiger partial charge on any atom is 0.211 e. The van der Waals surface area contributed by atoms with Crippen molar-refractivity contribution < 1.29 is 14.4 Å². The summed E-state index contributed by atoms with van der Waals surface area (Å²) in [6.45, 7) is 3.11. The number of unbranched alkanes of at least 4 members (excludes halogenated alkanes) is 10. The predicted octanol–water partition coefficient (Wildman–Crippen LogP) is 3.65. The van der Waals surface area contributed by atoms with E-state index < -0.39 is 5.97 Å². The summed E-state index contributed by atoms with van der Waals surface area (Å²) in [6, 6.07) is 0. The predicted molar refractivity (Wildman–Crippen MR) is 111 cm³/mol. The molecule has 1 aliphatic rings. The van der Waals surface area contributed by atoms with Crippen molar-refractivity contribution in [3.8, 4) is 0 Å². The summed E-state index contributed by atoms with van der Waals surface area (Å²) < 4.78 is 0.196. The Morgan fingerprint density at radius 2 is 1.70 bits per heavy atom. The molecule has 5 nitrogen and oxygen atoms in total. The molecule has 1 unspecified atom stereocenters. The Labute approximate surface area is 165 Å². The average Bonchev–Trinajstić information content (AvgIpc) is 3.00. The van der Waals surface area contributed by atoms with Crippen LogP contribution in [0.15, 0.2) is 29.5 Å². The SMILES string of the molecule is CCCCCCCCCCCC/C=C/CC1=NC=C[N+]1(CCN)CC(=O)[O-]. The smallest absolute Gasteiger partial charge is 0.211 e. The maximum absolute atomic E-state index is 11.1. The van der Waals surface area contributed by atoms with E-state index in [4.69, 9.17) is 5.73 Å². The van der Waals surface area contributed by atoms with Gasteiger partial charge >= 0.3 is 0 Å². The van der Waals surface area contributed by atoms with E-state index in [-0.39, 0.29) is 11.0 Å². The molecule has 0 aromatic carbocycles. The number of carboxylic acids is 1. The van der Waals surface area contributed by atoms with Crippen LogP contribution in [0.3, 0.4) is 0 Å². The summed E-state index contributed by atoms with van der Waals surface area (Å²) in [4.78, 5) is 15.5. The molecule has 0 bridgehead atoms. The van der Waals surface area contributed by atoms with Crippen LogP contribution >= 0.6 is 0 Å². The second-order valence-corrected chi connectivity index (χ2v) is 7.57. The molecule has 5 heteroatoms. The number of carbonyl (C=O) groups is 1. The van der Waals surface area contributed by atoms with Crippen molar-refractivity contribution in [2.75, 3.05) is 19.6 Å². The third-order valence-electron chi connectivity index (χ3n) is 5.22. The van der Waals surface area contributed by atoms with Crippen molar-refractivity contribution in [1.29, 1.82) is 0 Å². The summed E-state index contributed by atoms with van der Waals surface area (Å²) in [5.74, 6) is -0.235. The number of nitrogens with zero attached hydrogens (tertiary/aromatic N) is 2. The molecule has 154 valence electrons. The van der Waals surface area contributed by atoms with E-state index in [0.717, 1.165) is 12.3 Å². The van der Waals surface area contributed by atoms with Crippen LogP contribution in [0.1, 0.15) is 84.0 Å². The fourth-order valence-corrected chi connectivity index (χ4v) is 3.63. The van der Waals surface area contributed by atoms with Gasteiger partial charge in [0.25, 0.3) is 0 Å². The van der Waals surface area contributed by atoms with Gasteiger partial charge in [0, 0.05) is 6.54 Å². The number of hydrogen-bond acceptors (Lipinski definition) is 4. The Hall–Kier alpha value is -1.46. The highest BCUT2D eigenvalue weighted by Gasteiger charge is 2.33. The first kappa shape index (κ1) is 23.6. The van der Waals surface area contributed by atoms with E-state index in [1.165, 1.54) is 64.2 Å². The lowest BCUT2D eigenvalue weighted by Crippen LogP contribution is -2.54. The van der Waals surface area contributed by atoms with Crippen LogP contribution in [0.25, 0.3) is 0 Å². The van der Waals surface area contributed by atoms with Crippen molar-refractivity contribution in [2.45, 2.75) is 84.0 Å².